The van der Waals surface area contributed by atoms with Gasteiger partial charge >= 0.3 is 0 Å². The summed E-state index contributed by atoms with van der Waals surface area (Å²) in [6.45, 7) is 39.4. The van der Waals surface area contributed by atoms with Crippen molar-refractivity contribution in [3.63, 3.8) is 0 Å². The van der Waals surface area contributed by atoms with Gasteiger partial charge in [0.05, 0.1) is 28.3 Å². The third-order valence-corrected chi connectivity index (χ3v) is 22.3. The molecule has 7 aromatic carbocycles. The molecule has 7 aliphatic rings. The SMILES string of the molecule is Cc1cc2c3c(c1)N(c1ccc4c(c1)C(C)(C)CCC4(C)C)c1cc4c(cc1C3c1ccc(N3c5ccc(C(C)(C)C)cc5C5(C)CCCCC35C)cc1N2c1ccc2c(c1)-c1ccccc1C2(C)C)C(C)(C)CCC4(C)C. The van der Waals surface area contributed by atoms with Crippen LogP contribution in [0.15, 0.2) is 121 Å². The fourth-order valence-corrected chi connectivity index (χ4v) is 17.0. The maximum atomic E-state index is 2.82. The lowest BCUT2D eigenvalue weighted by Crippen LogP contribution is -2.54. The van der Waals surface area contributed by atoms with Crippen molar-refractivity contribution < 1.29 is 0 Å². The zero-order chi connectivity index (χ0) is 54.8. The van der Waals surface area contributed by atoms with Gasteiger partial charge in [-0.05, 0) is 212 Å². The first-order chi connectivity index (χ1) is 36.7. The van der Waals surface area contributed by atoms with Crippen molar-refractivity contribution in [2.75, 3.05) is 14.7 Å². The minimum atomic E-state index is -0.0898. The minimum absolute atomic E-state index is 0.0172. The largest absolute Gasteiger partial charge is 0.334 e. The second-order valence-corrected chi connectivity index (χ2v) is 30.3. The van der Waals surface area contributed by atoms with Crippen molar-refractivity contribution in [2.24, 2.45) is 0 Å². The van der Waals surface area contributed by atoms with Gasteiger partial charge in [-0.2, -0.15) is 0 Å². The average Bonchev–Trinajstić information content (AvgIpc) is 3.89. The summed E-state index contributed by atoms with van der Waals surface area (Å²) in [5, 5.41) is 0. The zero-order valence-electron chi connectivity index (χ0n) is 50.1. The third-order valence-electron chi connectivity index (χ3n) is 22.3. The molecule has 7 aromatic rings. The molecule has 3 unspecified atom stereocenters. The van der Waals surface area contributed by atoms with Gasteiger partial charge < -0.3 is 14.7 Å². The van der Waals surface area contributed by atoms with Crippen LogP contribution in [-0.2, 0) is 37.9 Å². The molecule has 14 rings (SSSR count). The predicted octanol–water partition coefficient (Wildman–Crippen LogP) is 20.8. The van der Waals surface area contributed by atoms with Crippen molar-refractivity contribution >= 4 is 45.5 Å². The highest BCUT2D eigenvalue weighted by molar-refractivity contribution is 5.99. The molecule has 1 saturated carbocycles. The Bertz CT molecular complexity index is 3740. The van der Waals surface area contributed by atoms with Crippen molar-refractivity contribution in [3.8, 4) is 11.1 Å². The molecule has 3 heteroatoms. The maximum absolute atomic E-state index is 2.82. The molecule has 0 bridgehead atoms. The molecule has 0 saturated heterocycles. The van der Waals surface area contributed by atoms with E-state index in [4.69, 9.17) is 0 Å². The van der Waals surface area contributed by atoms with E-state index in [0.717, 1.165) is 6.42 Å². The van der Waals surface area contributed by atoms with E-state index in [9.17, 15) is 0 Å². The van der Waals surface area contributed by atoms with Gasteiger partial charge in [0.15, 0.2) is 0 Å². The maximum Gasteiger partial charge on any atom is 0.0527 e. The van der Waals surface area contributed by atoms with Gasteiger partial charge in [0.25, 0.3) is 0 Å². The van der Waals surface area contributed by atoms with E-state index in [1.54, 1.807) is 0 Å². The summed E-state index contributed by atoms with van der Waals surface area (Å²) in [6, 6.07) is 50.0. The van der Waals surface area contributed by atoms with Crippen LogP contribution < -0.4 is 14.7 Å². The number of fused-ring (bicyclic) bond motifs is 12. The molecule has 3 heterocycles. The lowest BCUT2D eigenvalue weighted by Gasteiger charge is -2.51. The first-order valence-corrected chi connectivity index (χ1v) is 30.1. The normalized spacial score (nSPS) is 24.7. The highest BCUT2D eigenvalue weighted by atomic mass is 15.3. The van der Waals surface area contributed by atoms with Crippen LogP contribution in [0.25, 0.3) is 11.1 Å². The van der Waals surface area contributed by atoms with Gasteiger partial charge in [-0.3, -0.25) is 0 Å². The van der Waals surface area contributed by atoms with E-state index >= 15 is 0 Å². The van der Waals surface area contributed by atoms with Gasteiger partial charge in [-0.25, -0.2) is 0 Å². The molecule has 4 aliphatic carbocycles. The van der Waals surface area contributed by atoms with E-state index < -0.39 is 0 Å². The standard InChI is InChI=1S/C75H85N3/c1-45-37-64-67-65(38-45)77(48-26-29-56-57(41-48)70(7,8)34-33-69(56,5)6)63-44-59-58(71(9,10)35-36-72(59,11)12)43-53(63)66(67)51-27-24-49(78-61-30-23-46(68(2,3)4)39-60(61)74(15)31-19-20-32-75(74,78)16)42-62(51)76(64)47-25-28-55-52(40-47)50-21-17-18-22-54(50)73(55,13)14/h17-18,21-30,37-44,66H,19-20,31-36H2,1-16H3. The first-order valence-electron chi connectivity index (χ1n) is 30.1. The second-order valence-electron chi connectivity index (χ2n) is 30.3. The smallest absolute Gasteiger partial charge is 0.0527 e. The van der Waals surface area contributed by atoms with E-state index in [2.05, 4.69) is 247 Å². The number of rotatable bonds is 3. The summed E-state index contributed by atoms with van der Waals surface area (Å²) < 4.78 is 0. The minimum Gasteiger partial charge on any atom is -0.334 e. The van der Waals surface area contributed by atoms with Gasteiger partial charge in [-0.15, -0.1) is 0 Å². The topological polar surface area (TPSA) is 9.72 Å². The molecular formula is C75H85N3. The summed E-state index contributed by atoms with van der Waals surface area (Å²) >= 11 is 0. The number of hydrogen-bond donors (Lipinski definition) is 0. The molecular weight excluding hydrogens is 943 g/mol. The Hall–Kier alpha value is -6.06. The van der Waals surface area contributed by atoms with Crippen LogP contribution in [0.4, 0.5) is 45.5 Å². The second kappa shape index (κ2) is 15.9. The molecule has 0 spiro atoms. The Kier molecular flexibility index (Phi) is 10.2. The Morgan fingerprint density at radius 3 is 1.63 bits per heavy atom. The highest BCUT2D eigenvalue weighted by Gasteiger charge is 2.58. The quantitative estimate of drug-likeness (QED) is 0.175. The predicted molar refractivity (Wildman–Crippen MR) is 331 cm³/mol. The molecule has 3 aliphatic heterocycles. The number of nitrogens with zero attached hydrogens (tertiary/aromatic N) is 3. The molecule has 1 fully saturated rings. The number of benzene rings is 7. The van der Waals surface area contributed by atoms with Crippen LogP contribution in [0.1, 0.15) is 228 Å². The van der Waals surface area contributed by atoms with E-state index in [1.165, 1.54) is 168 Å². The van der Waals surface area contributed by atoms with Crippen LogP contribution in [0, 0.1) is 6.92 Å². The molecule has 0 aromatic heterocycles. The van der Waals surface area contributed by atoms with Gasteiger partial charge in [-0.1, -0.05) is 170 Å². The van der Waals surface area contributed by atoms with Crippen LogP contribution in [0.5, 0.6) is 0 Å². The van der Waals surface area contributed by atoms with Gasteiger partial charge in [0.1, 0.15) is 0 Å². The Morgan fingerprint density at radius 2 is 0.962 bits per heavy atom. The van der Waals surface area contributed by atoms with Crippen LogP contribution in [0.2, 0.25) is 0 Å². The van der Waals surface area contributed by atoms with Crippen molar-refractivity contribution in [1.29, 1.82) is 0 Å². The third kappa shape index (κ3) is 6.69. The fraction of sp³-hybridized carbons (Fsp3) is 0.440. The van der Waals surface area contributed by atoms with Gasteiger partial charge in [0, 0.05) is 45.1 Å². The van der Waals surface area contributed by atoms with Crippen molar-refractivity contribution in [2.45, 2.75) is 212 Å². The van der Waals surface area contributed by atoms with Crippen LogP contribution in [-0.4, -0.2) is 5.54 Å². The first kappa shape index (κ1) is 50.2. The summed E-state index contributed by atoms with van der Waals surface area (Å²) in [5.74, 6) is 0.0196. The molecule has 3 atom stereocenters. The lowest BCUT2D eigenvalue weighted by atomic mass is 9.61. The van der Waals surface area contributed by atoms with E-state index in [-0.39, 0.29) is 49.4 Å². The monoisotopic (exact) mass is 1030 g/mol. The molecule has 0 radical (unpaired) electrons. The summed E-state index contributed by atoms with van der Waals surface area (Å²) in [5.41, 5.74) is 30.7. The summed E-state index contributed by atoms with van der Waals surface area (Å²) in [6.07, 6.45) is 9.61. The molecule has 0 amide bonds. The lowest BCUT2D eigenvalue weighted by molar-refractivity contribution is 0.195. The van der Waals surface area contributed by atoms with Gasteiger partial charge in [0.2, 0.25) is 0 Å². The van der Waals surface area contributed by atoms with Crippen LogP contribution in [0.3, 0.4) is 0 Å². The molecule has 0 N–H and O–H groups in total. The number of aryl methyl sites for hydroxylation is 1. The molecule has 400 valence electrons. The number of anilines is 8. The Balaban J connectivity index is 1.07. The highest BCUT2D eigenvalue weighted by Crippen LogP contribution is 2.66. The van der Waals surface area contributed by atoms with Crippen LogP contribution >= 0.6 is 0 Å². The Labute approximate surface area is 468 Å². The molecule has 78 heavy (non-hydrogen) atoms. The van der Waals surface area contributed by atoms with Crippen molar-refractivity contribution in [3.05, 3.63) is 188 Å². The number of hydrogen-bond acceptors (Lipinski definition) is 3. The zero-order valence-corrected chi connectivity index (χ0v) is 50.1. The van der Waals surface area contributed by atoms with E-state index in [0.29, 0.717) is 0 Å². The fourth-order valence-electron chi connectivity index (χ4n) is 17.0. The Morgan fingerprint density at radius 1 is 0.410 bits per heavy atom. The molecule has 3 nitrogen and oxygen atoms in total. The average molecular weight is 1030 g/mol. The summed E-state index contributed by atoms with van der Waals surface area (Å²) in [7, 11) is 0. The van der Waals surface area contributed by atoms with E-state index in [1.807, 2.05) is 0 Å². The summed E-state index contributed by atoms with van der Waals surface area (Å²) in [4.78, 5) is 8.26. The van der Waals surface area contributed by atoms with Crippen molar-refractivity contribution in [1.82, 2.24) is 0 Å².